The number of nitrogens with one attached hydrogen (secondary N) is 2. The van der Waals surface area contributed by atoms with Gasteiger partial charge in [-0.2, -0.15) is 0 Å². The van der Waals surface area contributed by atoms with E-state index in [2.05, 4.69) is 15.6 Å². The van der Waals surface area contributed by atoms with Crippen LogP contribution in [-0.4, -0.2) is 29.4 Å². The van der Waals surface area contributed by atoms with Crippen LogP contribution in [0.15, 0.2) is 42.6 Å². The van der Waals surface area contributed by atoms with E-state index in [1.54, 1.807) is 12.3 Å². The SMILES string of the molecule is CCOc1ncccc1CNC(=O)C(NC(=O)c1ccc(F)cc1)C(C)C. The fourth-order valence-electron chi connectivity index (χ4n) is 2.48. The van der Waals surface area contributed by atoms with Gasteiger partial charge in [-0.1, -0.05) is 19.9 Å². The highest BCUT2D eigenvalue weighted by atomic mass is 19.1. The van der Waals surface area contributed by atoms with E-state index in [1.807, 2.05) is 26.8 Å². The Morgan fingerprint density at radius 2 is 1.89 bits per heavy atom. The predicted molar refractivity (Wildman–Crippen MR) is 99.7 cm³/mol. The average Bonchev–Trinajstić information content (AvgIpc) is 2.65. The Morgan fingerprint density at radius 1 is 1.19 bits per heavy atom. The minimum absolute atomic E-state index is 0.130. The molecule has 2 aromatic rings. The molecule has 1 unspecified atom stereocenters. The number of hydrogen-bond donors (Lipinski definition) is 2. The van der Waals surface area contributed by atoms with Gasteiger partial charge in [-0.05, 0) is 43.2 Å². The molecule has 6 nitrogen and oxygen atoms in total. The highest BCUT2D eigenvalue weighted by molar-refractivity contribution is 5.97. The Hall–Kier alpha value is -2.96. The van der Waals surface area contributed by atoms with E-state index in [4.69, 9.17) is 4.74 Å². The summed E-state index contributed by atoms with van der Waals surface area (Å²) >= 11 is 0. The lowest BCUT2D eigenvalue weighted by molar-refractivity contribution is -0.124. The van der Waals surface area contributed by atoms with Gasteiger partial charge in [0.05, 0.1) is 6.61 Å². The second kappa shape index (κ2) is 9.66. The largest absolute Gasteiger partial charge is 0.478 e. The van der Waals surface area contributed by atoms with Gasteiger partial charge in [0, 0.05) is 23.9 Å². The maximum absolute atomic E-state index is 13.0. The van der Waals surface area contributed by atoms with Crippen molar-refractivity contribution in [3.63, 3.8) is 0 Å². The molecule has 2 amide bonds. The van der Waals surface area contributed by atoms with Crippen LogP contribution in [0.4, 0.5) is 4.39 Å². The molecule has 1 aromatic heterocycles. The molecule has 0 fully saturated rings. The fourth-order valence-corrected chi connectivity index (χ4v) is 2.48. The quantitative estimate of drug-likeness (QED) is 0.746. The van der Waals surface area contributed by atoms with Crippen LogP contribution in [0.25, 0.3) is 0 Å². The monoisotopic (exact) mass is 373 g/mol. The Kier molecular flexibility index (Phi) is 7.28. The van der Waals surface area contributed by atoms with Crippen LogP contribution in [0, 0.1) is 11.7 Å². The molecule has 0 aliphatic heterocycles. The lowest BCUT2D eigenvalue weighted by atomic mass is 10.0. The maximum atomic E-state index is 13.0. The number of halogens is 1. The summed E-state index contributed by atoms with van der Waals surface area (Å²) < 4.78 is 18.5. The summed E-state index contributed by atoms with van der Waals surface area (Å²) in [6, 6.07) is 8.02. The highest BCUT2D eigenvalue weighted by Crippen LogP contribution is 2.14. The molecule has 1 aromatic carbocycles. The molecular weight excluding hydrogens is 349 g/mol. The van der Waals surface area contributed by atoms with Crippen molar-refractivity contribution in [3.8, 4) is 5.88 Å². The Balaban J connectivity index is 2.02. The molecule has 1 atom stereocenters. The summed E-state index contributed by atoms with van der Waals surface area (Å²) in [7, 11) is 0. The number of ether oxygens (including phenoxy) is 1. The number of amides is 2. The van der Waals surface area contributed by atoms with Crippen molar-refractivity contribution in [1.82, 2.24) is 15.6 Å². The van der Waals surface area contributed by atoms with Crippen LogP contribution in [0.1, 0.15) is 36.7 Å². The Bertz CT molecular complexity index is 778. The smallest absolute Gasteiger partial charge is 0.251 e. The van der Waals surface area contributed by atoms with Crippen molar-refractivity contribution >= 4 is 11.8 Å². The van der Waals surface area contributed by atoms with E-state index in [9.17, 15) is 14.0 Å². The first kappa shape index (κ1) is 20.4. The third kappa shape index (κ3) is 5.77. The predicted octanol–water partition coefficient (Wildman–Crippen LogP) is 2.69. The van der Waals surface area contributed by atoms with Crippen molar-refractivity contribution in [3.05, 3.63) is 59.5 Å². The van der Waals surface area contributed by atoms with Crippen molar-refractivity contribution in [1.29, 1.82) is 0 Å². The summed E-state index contributed by atoms with van der Waals surface area (Å²) in [5.41, 5.74) is 1.04. The molecule has 27 heavy (non-hydrogen) atoms. The molecule has 0 aliphatic rings. The van der Waals surface area contributed by atoms with Crippen LogP contribution >= 0.6 is 0 Å². The number of aromatic nitrogens is 1. The molecule has 0 saturated carbocycles. The number of carbonyl (C=O) groups excluding carboxylic acids is 2. The van der Waals surface area contributed by atoms with Gasteiger partial charge in [0.1, 0.15) is 11.9 Å². The summed E-state index contributed by atoms with van der Waals surface area (Å²) in [4.78, 5) is 29.1. The fraction of sp³-hybridized carbons (Fsp3) is 0.350. The number of benzene rings is 1. The molecule has 0 radical (unpaired) electrons. The molecule has 2 N–H and O–H groups in total. The molecule has 0 bridgehead atoms. The van der Waals surface area contributed by atoms with Gasteiger partial charge < -0.3 is 15.4 Å². The molecule has 2 rings (SSSR count). The first-order chi connectivity index (χ1) is 12.9. The summed E-state index contributed by atoms with van der Waals surface area (Å²) in [5.74, 6) is -0.829. The van der Waals surface area contributed by atoms with Crippen LogP contribution in [-0.2, 0) is 11.3 Å². The third-order valence-electron chi connectivity index (χ3n) is 3.93. The summed E-state index contributed by atoms with van der Waals surface area (Å²) in [6.07, 6.45) is 1.62. The van der Waals surface area contributed by atoms with Crippen molar-refractivity contribution in [2.45, 2.75) is 33.4 Å². The third-order valence-corrected chi connectivity index (χ3v) is 3.93. The Morgan fingerprint density at radius 3 is 2.52 bits per heavy atom. The summed E-state index contributed by atoms with van der Waals surface area (Å²) in [5, 5.41) is 5.52. The van der Waals surface area contributed by atoms with Crippen molar-refractivity contribution < 1.29 is 18.7 Å². The van der Waals surface area contributed by atoms with Crippen LogP contribution in [0.5, 0.6) is 5.88 Å². The van der Waals surface area contributed by atoms with Gasteiger partial charge in [0.15, 0.2) is 0 Å². The average molecular weight is 373 g/mol. The number of nitrogens with zero attached hydrogens (tertiary/aromatic N) is 1. The van der Waals surface area contributed by atoms with E-state index in [1.165, 1.54) is 24.3 Å². The second-order valence-electron chi connectivity index (χ2n) is 6.32. The molecule has 0 saturated heterocycles. The zero-order valence-corrected chi connectivity index (χ0v) is 15.7. The normalized spacial score (nSPS) is 11.7. The number of pyridine rings is 1. The van der Waals surface area contributed by atoms with E-state index >= 15 is 0 Å². The van der Waals surface area contributed by atoms with Gasteiger partial charge in [0.25, 0.3) is 5.91 Å². The van der Waals surface area contributed by atoms with E-state index in [-0.39, 0.29) is 18.4 Å². The zero-order chi connectivity index (χ0) is 19.8. The second-order valence-corrected chi connectivity index (χ2v) is 6.32. The maximum Gasteiger partial charge on any atom is 0.251 e. The minimum Gasteiger partial charge on any atom is -0.478 e. The highest BCUT2D eigenvalue weighted by Gasteiger charge is 2.24. The van der Waals surface area contributed by atoms with E-state index in [0.29, 0.717) is 18.1 Å². The van der Waals surface area contributed by atoms with Gasteiger partial charge >= 0.3 is 0 Å². The molecule has 0 spiro atoms. The van der Waals surface area contributed by atoms with Crippen molar-refractivity contribution in [2.24, 2.45) is 5.92 Å². The lowest BCUT2D eigenvalue weighted by Gasteiger charge is -2.22. The van der Waals surface area contributed by atoms with Crippen LogP contribution in [0.2, 0.25) is 0 Å². The van der Waals surface area contributed by atoms with Gasteiger partial charge in [-0.3, -0.25) is 9.59 Å². The number of carbonyl (C=O) groups is 2. The van der Waals surface area contributed by atoms with Gasteiger partial charge in [0.2, 0.25) is 11.8 Å². The zero-order valence-electron chi connectivity index (χ0n) is 15.7. The molecule has 1 heterocycles. The van der Waals surface area contributed by atoms with Crippen LogP contribution < -0.4 is 15.4 Å². The minimum atomic E-state index is -0.727. The first-order valence-electron chi connectivity index (χ1n) is 8.83. The van der Waals surface area contributed by atoms with Crippen molar-refractivity contribution in [2.75, 3.05) is 6.61 Å². The lowest BCUT2D eigenvalue weighted by Crippen LogP contribution is -2.49. The summed E-state index contributed by atoms with van der Waals surface area (Å²) in [6.45, 7) is 6.24. The van der Waals surface area contributed by atoms with Gasteiger partial charge in [-0.15, -0.1) is 0 Å². The topological polar surface area (TPSA) is 80.3 Å². The standard InChI is InChI=1S/C20H24FN3O3/c1-4-27-20-15(6-5-11-22-20)12-23-19(26)17(13(2)3)24-18(25)14-7-9-16(21)10-8-14/h5-11,13,17H,4,12H2,1-3H3,(H,23,26)(H,24,25). The molecular formula is C20H24FN3O3. The van der Waals surface area contributed by atoms with E-state index in [0.717, 1.165) is 5.56 Å². The Labute approximate surface area is 158 Å². The first-order valence-corrected chi connectivity index (χ1v) is 8.83. The van der Waals surface area contributed by atoms with E-state index < -0.39 is 17.8 Å². The molecule has 0 aliphatic carbocycles. The number of hydrogen-bond acceptors (Lipinski definition) is 4. The number of rotatable bonds is 8. The van der Waals surface area contributed by atoms with Crippen LogP contribution in [0.3, 0.4) is 0 Å². The van der Waals surface area contributed by atoms with Gasteiger partial charge in [-0.25, -0.2) is 9.37 Å². The molecule has 144 valence electrons. The molecule has 7 heteroatoms.